The topological polar surface area (TPSA) is 90.5 Å². The van der Waals surface area contributed by atoms with E-state index in [2.05, 4.69) is 15.1 Å². The lowest BCUT2D eigenvalue weighted by Gasteiger charge is -2.35. The second-order valence-corrected chi connectivity index (χ2v) is 7.08. The first-order chi connectivity index (χ1) is 14.7. The Bertz CT molecular complexity index is 923. The average molecular weight is 405 g/mol. The number of azo groups is 1. The van der Waals surface area contributed by atoms with Crippen LogP contribution in [0.15, 0.2) is 58.8 Å². The summed E-state index contributed by atoms with van der Waals surface area (Å²) in [4.78, 5) is 15.8. The fraction of sp³-hybridized carbons (Fsp3) is 0.364. The molecule has 2 saturated heterocycles. The van der Waals surface area contributed by atoms with Crippen LogP contribution in [-0.4, -0.2) is 50.2 Å². The highest BCUT2D eigenvalue weighted by atomic mass is 16.7. The van der Waals surface area contributed by atoms with Crippen LogP contribution in [0.25, 0.3) is 0 Å². The van der Waals surface area contributed by atoms with E-state index in [1.54, 1.807) is 4.90 Å². The molecule has 2 aromatic carbocycles. The number of benzene rings is 2. The fourth-order valence-corrected chi connectivity index (χ4v) is 3.49. The van der Waals surface area contributed by atoms with Gasteiger partial charge in [-0.1, -0.05) is 12.1 Å². The first kappa shape index (κ1) is 20.0. The van der Waals surface area contributed by atoms with E-state index in [9.17, 15) is 4.79 Å². The molecule has 0 aromatic heterocycles. The molecule has 0 aliphatic carbocycles. The molecular formula is C22H23N5O3. The molecule has 4 rings (SSSR count). The average Bonchev–Trinajstić information content (AvgIpc) is 3.34. The third-order valence-corrected chi connectivity index (χ3v) is 5.15. The molecule has 0 saturated carbocycles. The highest BCUT2D eigenvalue weighted by Crippen LogP contribution is 2.27. The summed E-state index contributed by atoms with van der Waals surface area (Å²) in [5, 5.41) is 17.3. The minimum Gasteiger partial charge on any atom is -0.368 e. The number of carbonyl (C=O) groups excluding carboxylic acids is 1. The summed E-state index contributed by atoms with van der Waals surface area (Å²) in [5.41, 5.74) is 3.60. The Morgan fingerprint density at radius 1 is 0.933 bits per heavy atom. The fourth-order valence-electron chi connectivity index (χ4n) is 3.49. The normalized spacial score (nSPS) is 17.4. The number of anilines is 1. The van der Waals surface area contributed by atoms with Crippen molar-refractivity contribution in [2.75, 3.05) is 44.3 Å². The highest BCUT2D eigenvalue weighted by Gasteiger charge is 2.21. The van der Waals surface area contributed by atoms with Crippen LogP contribution in [0.3, 0.4) is 0 Å². The number of ether oxygens (including phenoxy) is 2. The molecule has 0 bridgehead atoms. The molecule has 2 aromatic rings. The summed E-state index contributed by atoms with van der Waals surface area (Å²) in [6.45, 7) is 4.01. The molecule has 2 aliphatic heterocycles. The van der Waals surface area contributed by atoms with Crippen molar-refractivity contribution in [2.45, 2.75) is 12.7 Å². The van der Waals surface area contributed by atoms with Gasteiger partial charge in [-0.05, 0) is 36.4 Å². The third-order valence-electron chi connectivity index (χ3n) is 5.15. The van der Waals surface area contributed by atoms with Gasteiger partial charge >= 0.3 is 0 Å². The van der Waals surface area contributed by atoms with Crippen LogP contribution >= 0.6 is 0 Å². The van der Waals surface area contributed by atoms with E-state index >= 15 is 0 Å². The summed E-state index contributed by atoms with van der Waals surface area (Å²) in [7, 11) is 0. The van der Waals surface area contributed by atoms with Crippen LogP contribution in [0, 0.1) is 11.3 Å². The molecule has 2 heterocycles. The molecule has 8 nitrogen and oxygen atoms in total. The molecule has 1 amide bonds. The van der Waals surface area contributed by atoms with Crippen LogP contribution in [0.1, 0.15) is 18.3 Å². The van der Waals surface area contributed by atoms with Gasteiger partial charge in [-0.3, -0.25) is 4.79 Å². The Hall–Kier alpha value is -3.28. The van der Waals surface area contributed by atoms with Crippen LogP contribution in [0.2, 0.25) is 0 Å². The van der Waals surface area contributed by atoms with Crippen molar-refractivity contribution in [3.63, 3.8) is 0 Å². The number of nitrogens with zero attached hydrogens (tertiary/aromatic N) is 5. The monoisotopic (exact) mass is 405 g/mol. The summed E-state index contributed by atoms with van der Waals surface area (Å²) < 4.78 is 11.0. The molecule has 2 fully saturated rings. The maximum atomic E-state index is 11.8. The van der Waals surface area contributed by atoms with Gasteiger partial charge in [0.1, 0.15) is 6.42 Å². The minimum atomic E-state index is -0.283. The van der Waals surface area contributed by atoms with Gasteiger partial charge in [-0.25, -0.2) is 0 Å². The quantitative estimate of drug-likeness (QED) is 0.708. The van der Waals surface area contributed by atoms with Crippen LogP contribution < -0.4 is 4.90 Å². The number of hydrogen-bond donors (Lipinski definition) is 0. The van der Waals surface area contributed by atoms with E-state index in [1.807, 2.05) is 54.6 Å². The Labute approximate surface area is 175 Å². The molecule has 2 aliphatic rings. The molecular weight excluding hydrogens is 382 g/mol. The largest absolute Gasteiger partial charge is 0.368 e. The molecule has 8 heteroatoms. The molecule has 0 unspecified atom stereocenters. The van der Waals surface area contributed by atoms with Crippen molar-refractivity contribution in [3.8, 4) is 6.07 Å². The number of piperazine rings is 1. The molecule has 0 radical (unpaired) electrons. The number of hydrogen-bond acceptors (Lipinski definition) is 7. The zero-order valence-electron chi connectivity index (χ0n) is 16.6. The maximum Gasteiger partial charge on any atom is 0.236 e. The third kappa shape index (κ3) is 4.82. The smallest absolute Gasteiger partial charge is 0.236 e. The number of nitriles is 1. The molecule has 30 heavy (non-hydrogen) atoms. The van der Waals surface area contributed by atoms with Gasteiger partial charge in [0, 0.05) is 37.4 Å². The van der Waals surface area contributed by atoms with Gasteiger partial charge in [0.2, 0.25) is 5.91 Å². The Kier molecular flexibility index (Phi) is 6.32. The predicted octanol–water partition coefficient (Wildman–Crippen LogP) is 3.71. The Morgan fingerprint density at radius 3 is 2.07 bits per heavy atom. The highest BCUT2D eigenvalue weighted by molar-refractivity contribution is 5.78. The van der Waals surface area contributed by atoms with E-state index in [4.69, 9.17) is 14.7 Å². The minimum absolute atomic E-state index is 0.0510. The maximum absolute atomic E-state index is 11.8. The van der Waals surface area contributed by atoms with Crippen molar-refractivity contribution in [1.82, 2.24) is 4.90 Å². The number of rotatable bonds is 5. The van der Waals surface area contributed by atoms with Gasteiger partial charge in [-0.2, -0.15) is 15.5 Å². The van der Waals surface area contributed by atoms with E-state index in [0.29, 0.717) is 26.3 Å². The predicted molar refractivity (Wildman–Crippen MR) is 111 cm³/mol. The van der Waals surface area contributed by atoms with E-state index < -0.39 is 0 Å². The van der Waals surface area contributed by atoms with Crippen LogP contribution in [-0.2, 0) is 14.3 Å². The number of amides is 1. The van der Waals surface area contributed by atoms with E-state index in [-0.39, 0.29) is 18.6 Å². The SMILES string of the molecule is N#CCC(=O)N1CCN(c2ccc(N=Nc3ccc(C4OCCO4)cc3)cc2)CC1. The first-order valence-electron chi connectivity index (χ1n) is 9.97. The van der Waals surface area contributed by atoms with Gasteiger partial charge in [0.15, 0.2) is 6.29 Å². The lowest BCUT2D eigenvalue weighted by molar-refractivity contribution is -0.130. The zero-order chi connectivity index (χ0) is 20.8. The lowest BCUT2D eigenvalue weighted by Crippen LogP contribution is -2.48. The van der Waals surface area contributed by atoms with Crippen molar-refractivity contribution in [1.29, 1.82) is 5.26 Å². The van der Waals surface area contributed by atoms with Gasteiger partial charge < -0.3 is 19.3 Å². The Morgan fingerprint density at radius 2 is 1.50 bits per heavy atom. The van der Waals surface area contributed by atoms with Crippen LogP contribution in [0.4, 0.5) is 17.1 Å². The van der Waals surface area contributed by atoms with Gasteiger partial charge in [-0.15, -0.1) is 0 Å². The summed E-state index contributed by atoms with van der Waals surface area (Å²) >= 11 is 0. The number of carbonyl (C=O) groups is 1. The van der Waals surface area contributed by atoms with Crippen molar-refractivity contribution < 1.29 is 14.3 Å². The first-order valence-corrected chi connectivity index (χ1v) is 9.97. The van der Waals surface area contributed by atoms with E-state index in [1.165, 1.54) is 0 Å². The van der Waals surface area contributed by atoms with Crippen LogP contribution in [0.5, 0.6) is 0 Å². The van der Waals surface area contributed by atoms with Gasteiger partial charge in [0.25, 0.3) is 0 Å². The van der Waals surface area contributed by atoms with Crippen molar-refractivity contribution in [3.05, 3.63) is 54.1 Å². The van der Waals surface area contributed by atoms with Gasteiger partial charge in [0.05, 0.1) is 30.7 Å². The lowest BCUT2D eigenvalue weighted by atomic mass is 10.2. The van der Waals surface area contributed by atoms with Crippen molar-refractivity contribution in [2.24, 2.45) is 10.2 Å². The second kappa shape index (κ2) is 9.48. The molecule has 154 valence electrons. The second-order valence-electron chi connectivity index (χ2n) is 7.08. The summed E-state index contributed by atoms with van der Waals surface area (Å²) in [6, 6.07) is 17.5. The zero-order valence-corrected chi connectivity index (χ0v) is 16.6. The summed E-state index contributed by atoms with van der Waals surface area (Å²) in [5.74, 6) is -0.0933. The Balaban J connectivity index is 1.31. The summed E-state index contributed by atoms with van der Waals surface area (Å²) in [6.07, 6.45) is -0.334. The standard InChI is InChI=1S/C22H23N5O3/c23-10-9-21(28)27-13-11-26(12-14-27)20-7-5-19(6-8-20)25-24-18-3-1-17(2-4-18)22-29-15-16-30-22/h1-8,22H,9,11-16H2. The molecule has 0 N–H and O–H groups in total. The molecule has 0 spiro atoms. The molecule has 0 atom stereocenters. The van der Waals surface area contributed by atoms with E-state index in [0.717, 1.165) is 35.7 Å². The van der Waals surface area contributed by atoms with Crippen molar-refractivity contribution >= 4 is 23.0 Å².